The molecule has 0 unspecified atom stereocenters. The highest BCUT2D eigenvalue weighted by atomic mass is 35.5. The summed E-state index contributed by atoms with van der Waals surface area (Å²) in [5, 5.41) is 4.16. The van der Waals surface area contributed by atoms with Crippen LogP contribution in [-0.2, 0) is 11.2 Å². The smallest absolute Gasteiger partial charge is 0.261 e. The van der Waals surface area contributed by atoms with E-state index in [0.29, 0.717) is 22.1 Å². The highest BCUT2D eigenvalue weighted by Gasteiger charge is 2.13. The lowest BCUT2D eigenvalue weighted by Crippen LogP contribution is -2.07. The predicted octanol–water partition coefficient (Wildman–Crippen LogP) is 2.80. The first-order valence-electron chi connectivity index (χ1n) is 5.80. The van der Waals surface area contributed by atoms with E-state index in [2.05, 4.69) is 10.1 Å². The number of benzene rings is 1. The maximum atomic E-state index is 11.9. The van der Waals surface area contributed by atoms with Crippen LogP contribution in [0.2, 0.25) is 5.02 Å². The molecule has 0 aliphatic heterocycles. The third-order valence-electron chi connectivity index (χ3n) is 2.40. The molecule has 1 heterocycles. The highest BCUT2D eigenvalue weighted by molar-refractivity contribution is 6.33. The lowest BCUT2D eigenvalue weighted by atomic mass is 10.2. The average Bonchev–Trinajstić information content (AvgIpc) is 2.86. The summed E-state index contributed by atoms with van der Waals surface area (Å²) in [6, 6.07) is 4.90. The molecule has 8 heteroatoms. The third-order valence-corrected chi connectivity index (χ3v) is 2.73. The van der Waals surface area contributed by atoms with Crippen molar-refractivity contribution in [2.75, 3.05) is 18.9 Å². The molecular formula is C12H12ClF2N3O2. The number of nitrogens with zero attached hydrogens (tertiary/aromatic N) is 2. The first kappa shape index (κ1) is 14.7. The standard InChI is InChI=1S/C12H12ClF2N3O2/c13-9-2-1-7(16)5-8(9)12-17-11(18-20-12)3-4-19-6-10(14)15/h1-2,5,10H,3-4,6,16H2. The van der Waals surface area contributed by atoms with Crippen LogP contribution in [0.5, 0.6) is 0 Å². The summed E-state index contributed by atoms with van der Waals surface area (Å²) in [4.78, 5) is 4.11. The predicted molar refractivity (Wildman–Crippen MR) is 69.7 cm³/mol. The van der Waals surface area contributed by atoms with Gasteiger partial charge in [-0.05, 0) is 18.2 Å². The maximum Gasteiger partial charge on any atom is 0.261 e. The van der Waals surface area contributed by atoms with E-state index in [9.17, 15) is 8.78 Å². The summed E-state index contributed by atoms with van der Waals surface area (Å²) >= 11 is 6.01. The number of rotatable bonds is 6. The van der Waals surface area contributed by atoms with Crippen molar-refractivity contribution in [3.8, 4) is 11.5 Å². The van der Waals surface area contributed by atoms with Crippen molar-refractivity contribution >= 4 is 17.3 Å². The first-order chi connectivity index (χ1) is 9.56. The molecule has 2 N–H and O–H groups in total. The van der Waals surface area contributed by atoms with E-state index in [4.69, 9.17) is 26.6 Å². The van der Waals surface area contributed by atoms with Crippen LogP contribution in [0.4, 0.5) is 14.5 Å². The molecule has 0 saturated heterocycles. The number of hydrogen-bond donors (Lipinski definition) is 1. The molecule has 2 rings (SSSR count). The fourth-order valence-electron chi connectivity index (χ4n) is 1.51. The highest BCUT2D eigenvalue weighted by Crippen LogP contribution is 2.28. The average molecular weight is 304 g/mol. The van der Waals surface area contributed by atoms with Crippen molar-refractivity contribution in [1.29, 1.82) is 0 Å². The van der Waals surface area contributed by atoms with E-state index >= 15 is 0 Å². The van der Waals surface area contributed by atoms with Crippen molar-refractivity contribution in [3.05, 3.63) is 29.0 Å². The van der Waals surface area contributed by atoms with Gasteiger partial charge in [0.15, 0.2) is 5.82 Å². The minimum absolute atomic E-state index is 0.0912. The topological polar surface area (TPSA) is 74.2 Å². The number of nitrogens with two attached hydrogens (primary N) is 1. The Hall–Kier alpha value is -1.73. The Morgan fingerprint density at radius 1 is 1.40 bits per heavy atom. The van der Waals surface area contributed by atoms with Gasteiger partial charge in [0.1, 0.15) is 6.61 Å². The molecule has 0 aliphatic carbocycles. The van der Waals surface area contributed by atoms with Gasteiger partial charge in [0.05, 0.1) is 17.2 Å². The molecule has 0 radical (unpaired) electrons. The van der Waals surface area contributed by atoms with Gasteiger partial charge in [0.25, 0.3) is 12.3 Å². The van der Waals surface area contributed by atoms with Gasteiger partial charge in [-0.2, -0.15) is 4.98 Å². The fraction of sp³-hybridized carbons (Fsp3) is 0.333. The van der Waals surface area contributed by atoms with Gasteiger partial charge in [0, 0.05) is 12.1 Å². The van der Waals surface area contributed by atoms with Gasteiger partial charge in [-0.1, -0.05) is 16.8 Å². The quantitative estimate of drug-likeness (QED) is 0.656. The number of nitrogen functional groups attached to an aromatic ring is 1. The van der Waals surface area contributed by atoms with Crippen LogP contribution in [0.25, 0.3) is 11.5 Å². The van der Waals surface area contributed by atoms with Crippen LogP contribution in [0.3, 0.4) is 0 Å². The minimum Gasteiger partial charge on any atom is -0.399 e. The van der Waals surface area contributed by atoms with Crippen molar-refractivity contribution < 1.29 is 18.0 Å². The van der Waals surface area contributed by atoms with Crippen LogP contribution in [-0.4, -0.2) is 29.8 Å². The Kier molecular flexibility index (Phi) is 4.86. The van der Waals surface area contributed by atoms with Gasteiger partial charge < -0.3 is 15.0 Å². The Morgan fingerprint density at radius 3 is 2.95 bits per heavy atom. The summed E-state index contributed by atoms with van der Waals surface area (Å²) in [5.41, 5.74) is 6.70. The van der Waals surface area contributed by atoms with Crippen molar-refractivity contribution in [2.45, 2.75) is 12.8 Å². The molecule has 0 atom stereocenters. The second-order valence-electron chi connectivity index (χ2n) is 3.97. The van der Waals surface area contributed by atoms with Crippen molar-refractivity contribution in [3.63, 3.8) is 0 Å². The number of alkyl halides is 2. The number of hydrogen-bond acceptors (Lipinski definition) is 5. The Balaban J connectivity index is 2.00. The Bertz CT molecular complexity index is 578. The summed E-state index contributed by atoms with van der Waals surface area (Å²) in [6.45, 7) is -0.514. The first-order valence-corrected chi connectivity index (χ1v) is 6.18. The molecule has 0 bridgehead atoms. The summed E-state index contributed by atoms with van der Waals surface area (Å²) in [6.07, 6.45) is -2.21. The largest absolute Gasteiger partial charge is 0.399 e. The van der Waals surface area contributed by atoms with Crippen LogP contribution in [0.1, 0.15) is 5.82 Å². The van der Waals surface area contributed by atoms with Gasteiger partial charge in [-0.15, -0.1) is 0 Å². The van der Waals surface area contributed by atoms with E-state index in [1.165, 1.54) is 0 Å². The Morgan fingerprint density at radius 2 is 2.20 bits per heavy atom. The minimum atomic E-state index is -2.48. The second-order valence-corrected chi connectivity index (χ2v) is 4.38. The van der Waals surface area contributed by atoms with Gasteiger partial charge in [0.2, 0.25) is 0 Å². The lowest BCUT2D eigenvalue weighted by Gasteiger charge is -2.00. The zero-order chi connectivity index (χ0) is 14.5. The van der Waals surface area contributed by atoms with E-state index in [-0.39, 0.29) is 18.9 Å². The zero-order valence-corrected chi connectivity index (χ0v) is 11.1. The molecule has 20 heavy (non-hydrogen) atoms. The van der Waals surface area contributed by atoms with Crippen LogP contribution < -0.4 is 5.73 Å². The molecule has 1 aromatic heterocycles. The molecular weight excluding hydrogens is 292 g/mol. The molecule has 0 saturated carbocycles. The van der Waals surface area contributed by atoms with Gasteiger partial charge in [-0.25, -0.2) is 8.78 Å². The van der Waals surface area contributed by atoms with Crippen LogP contribution in [0.15, 0.2) is 22.7 Å². The normalized spacial score (nSPS) is 11.2. The molecule has 108 valence electrons. The molecule has 0 spiro atoms. The maximum absolute atomic E-state index is 11.9. The summed E-state index contributed by atoms with van der Waals surface area (Å²) in [7, 11) is 0. The molecule has 2 aromatic rings. The molecule has 1 aromatic carbocycles. The van der Waals surface area contributed by atoms with Gasteiger partial charge >= 0.3 is 0 Å². The molecule has 0 fully saturated rings. The molecule has 0 aliphatic rings. The monoisotopic (exact) mass is 303 g/mol. The van der Waals surface area contributed by atoms with E-state index < -0.39 is 13.0 Å². The fourth-order valence-corrected chi connectivity index (χ4v) is 1.71. The van der Waals surface area contributed by atoms with Crippen LogP contribution >= 0.6 is 11.6 Å². The molecule has 0 amide bonds. The number of halogens is 3. The van der Waals surface area contributed by atoms with Crippen LogP contribution in [0, 0.1) is 0 Å². The van der Waals surface area contributed by atoms with E-state index in [0.717, 1.165) is 0 Å². The van der Waals surface area contributed by atoms with Crippen molar-refractivity contribution in [2.24, 2.45) is 0 Å². The van der Waals surface area contributed by atoms with E-state index in [1.54, 1.807) is 18.2 Å². The number of ether oxygens (including phenoxy) is 1. The third kappa shape index (κ3) is 3.88. The summed E-state index contributed by atoms with van der Waals surface area (Å²) < 4.78 is 33.5. The molecule has 5 nitrogen and oxygen atoms in total. The summed E-state index contributed by atoms with van der Waals surface area (Å²) in [5.74, 6) is 0.582. The number of aromatic nitrogens is 2. The lowest BCUT2D eigenvalue weighted by molar-refractivity contribution is 0.0182. The van der Waals surface area contributed by atoms with Gasteiger partial charge in [-0.3, -0.25) is 0 Å². The SMILES string of the molecule is Nc1ccc(Cl)c(-c2nc(CCOCC(F)F)no2)c1. The number of anilines is 1. The second kappa shape index (κ2) is 6.62. The van der Waals surface area contributed by atoms with E-state index in [1.807, 2.05) is 0 Å². The van der Waals surface area contributed by atoms with Crippen molar-refractivity contribution in [1.82, 2.24) is 10.1 Å². The Labute approximate surface area is 118 Å². The zero-order valence-electron chi connectivity index (χ0n) is 10.4.